The molecule has 2 saturated carbocycles. The van der Waals surface area contributed by atoms with E-state index in [2.05, 4.69) is 13.8 Å². The summed E-state index contributed by atoms with van der Waals surface area (Å²) in [6.07, 6.45) is 12.8. The molecular weight excluding hydrogens is 194 g/mol. The first-order chi connectivity index (χ1) is 7.58. The van der Waals surface area contributed by atoms with Gasteiger partial charge in [-0.2, -0.15) is 0 Å². The van der Waals surface area contributed by atoms with E-state index in [4.69, 9.17) is 5.73 Å². The van der Waals surface area contributed by atoms with Gasteiger partial charge in [0.15, 0.2) is 0 Å². The number of hydrogen-bond acceptors (Lipinski definition) is 1. The van der Waals surface area contributed by atoms with Crippen molar-refractivity contribution in [2.75, 3.05) is 6.54 Å². The first-order valence-electron chi connectivity index (χ1n) is 7.28. The summed E-state index contributed by atoms with van der Waals surface area (Å²) in [5.74, 6) is 0.936. The minimum absolute atomic E-state index is 0.536. The summed E-state index contributed by atoms with van der Waals surface area (Å²) in [5.41, 5.74) is 7.27. The molecule has 0 bridgehead atoms. The van der Waals surface area contributed by atoms with Crippen molar-refractivity contribution >= 4 is 0 Å². The summed E-state index contributed by atoms with van der Waals surface area (Å²) in [4.78, 5) is 0. The summed E-state index contributed by atoms with van der Waals surface area (Å²) in [6, 6.07) is 0. The molecule has 94 valence electrons. The van der Waals surface area contributed by atoms with Gasteiger partial charge in [0.25, 0.3) is 0 Å². The van der Waals surface area contributed by atoms with Gasteiger partial charge in [-0.05, 0) is 61.8 Å². The summed E-state index contributed by atoms with van der Waals surface area (Å²) >= 11 is 0. The normalized spacial score (nSPS) is 30.2. The van der Waals surface area contributed by atoms with Gasteiger partial charge in [0, 0.05) is 0 Å². The van der Waals surface area contributed by atoms with Gasteiger partial charge in [-0.15, -0.1) is 0 Å². The zero-order valence-electron chi connectivity index (χ0n) is 11.2. The van der Waals surface area contributed by atoms with Crippen LogP contribution in [0.5, 0.6) is 0 Å². The molecule has 2 rings (SSSR count). The maximum absolute atomic E-state index is 6.14. The molecule has 0 aromatic rings. The first-order valence-corrected chi connectivity index (χ1v) is 7.28. The van der Waals surface area contributed by atoms with Gasteiger partial charge in [0.1, 0.15) is 0 Å². The van der Waals surface area contributed by atoms with Crippen molar-refractivity contribution in [3.63, 3.8) is 0 Å². The Labute approximate surface area is 101 Å². The average molecular weight is 223 g/mol. The van der Waals surface area contributed by atoms with Gasteiger partial charge in [-0.25, -0.2) is 0 Å². The van der Waals surface area contributed by atoms with Crippen LogP contribution < -0.4 is 5.73 Å². The lowest BCUT2D eigenvalue weighted by Gasteiger charge is -2.47. The van der Waals surface area contributed by atoms with Gasteiger partial charge in [0.2, 0.25) is 0 Å². The highest BCUT2D eigenvalue weighted by molar-refractivity contribution is 4.93. The van der Waals surface area contributed by atoms with Gasteiger partial charge in [-0.1, -0.05) is 33.1 Å². The van der Waals surface area contributed by atoms with E-state index in [1.807, 2.05) is 0 Å². The fourth-order valence-electron chi connectivity index (χ4n) is 4.05. The van der Waals surface area contributed by atoms with Crippen LogP contribution in [-0.4, -0.2) is 6.54 Å². The molecule has 0 aliphatic heterocycles. The molecule has 2 aliphatic carbocycles. The van der Waals surface area contributed by atoms with Crippen LogP contribution in [0.4, 0.5) is 0 Å². The third-order valence-electron chi connectivity index (χ3n) is 5.46. The standard InChI is InChI=1S/C15H29N/c1-14(2)10-6-13(7-11-14)15(12-16)8-4-3-5-9-15/h13H,3-12,16H2,1-2H3. The van der Waals surface area contributed by atoms with E-state index in [-0.39, 0.29) is 0 Å². The second kappa shape index (κ2) is 4.68. The molecule has 2 fully saturated rings. The Bertz CT molecular complexity index is 216. The maximum atomic E-state index is 6.14. The van der Waals surface area contributed by atoms with E-state index >= 15 is 0 Å². The fourth-order valence-corrected chi connectivity index (χ4v) is 4.05. The highest BCUT2D eigenvalue weighted by Crippen LogP contribution is 2.50. The van der Waals surface area contributed by atoms with E-state index in [0.29, 0.717) is 10.8 Å². The lowest BCUT2D eigenvalue weighted by Crippen LogP contribution is -2.42. The van der Waals surface area contributed by atoms with Gasteiger partial charge in [0.05, 0.1) is 0 Å². The molecule has 0 heterocycles. The second-order valence-electron chi connectivity index (χ2n) is 7.07. The Kier molecular flexibility index (Phi) is 3.63. The van der Waals surface area contributed by atoms with Crippen molar-refractivity contribution in [3.05, 3.63) is 0 Å². The molecule has 1 heteroatoms. The quantitative estimate of drug-likeness (QED) is 0.749. The Morgan fingerprint density at radius 2 is 1.50 bits per heavy atom. The molecule has 0 spiro atoms. The summed E-state index contributed by atoms with van der Waals surface area (Å²) in [5, 5.41) is 0. The first kappa shape index (κ1) is 12.4. The van der Waals surface area contributed by atoms with Crippen LogP contribution in [0, 0.1) is 16.7 Å². The third kappa shape index (κ3) is 2.45. The minimum Gasteiger partial charge on any atom is -0.330 e. The molecule has 0 radical (unpaired) electrons. The lowest BCUT2D eigenvalue weighted by atomic mass is 9.59. The van der Waals surface area contributed by atoms with Crippen molar-refractivity contribution in [2.45, 2.75) is 71.6 Å². The van der Waals surface area contributed by atoms with Crippen molar-refractivity contribution in [1.82, 2.24) is 0 Å². The zero-order valence-corrected chi connectivity index (χ0v) is 11.2. The van der Waals surface area contributed by atoms with E-state index < -0.39 is 0 Å². The minimum atomic E-state index is 0.536. The smallest absolute Gasteiger partial charge is 0.00179 e. The molecule has 16 heavy (non-hydrogen) atoms. The predicted octanol–water partition coefficient (Wildman–Crippen LogP) is 4.11. The summed E-state index contributed by atoms with van der Waals surface area (Å²) in [7, 11) is 0. The Hall–Kier alpha value is -0.0400. The molecular formula is C15H29N. The average Bonchev–Trinajstić information content (AvgIpc) is 2.30. The van der Waals surface area contributed by atoms with E-state index in [1.54, 1.807) is 0 Å². The summed E-state index contributed by atoms with van der Waals surface area (Å²) in [6.45, 7) is 5.80. The van der Waals surface area contributed by atoms with Crippen molar-refractivity contribution in [2.24, 2.45) is 22.5 Å². The molecule has 1 nitrogen and oxygen atoms in total. The highest BCUT2D eigenvalue weighted by atomic mass is 14.6. The Morgan fingerprint density at radius 3 is 2.00 bits per heavy atom. The van der Waals surface area contributed by atoms with Crippen LogP contribution in [0.25, 0.3) is 0 Å². The second-order valence-corrected chi connectivity index (χ2v) is 7.07. The zero-order chi connectivity index (χ0) is 11.6. The topological polar surface area (TPSA) is 26.0 Å². The van der Waals surface area contributed by atoms with Crippen LogP contribution in [0.2, 0.25) is 0 Å². The molecule has 0 aromatic heterocycles. The molecule has 0 amide bonds. The van der Waals surface area contributed by atoms with Gasteiger partial charge in [-0.3, -0.25) is 0 Å². The van der Waals surface area contributed by atoms with Crippen LogP contribution in [-0.2, 0) is 0 Å². The monoisotopic (exact) mass is 223 g/mol. The van der Waals surface area contributed by atoms with Crippen LogP contribution in [0.15, 0.2) is 0 Å². The molecule has 2 N–H and O–H groups in total. The van der Waals surface area contributed by atoms with Gasteiger partial charge >= 0.3 is 0 Å². The summed E-state index contributed by atoms with van der Waals surface area (Å²) < 4.78 is 0. The lowest BCUT2D eigenvalue weighted by molar-refractivity contribution is 0.0452. The van der Waals surface area contributed by atoms with Crippen LogP contribution in [0.1, 0.15) is 71.6 Å². The molecule has 0 atom stereocenters. The van der Waals surface area contributed by atoms with E-state index in [9.17, 15) is 0 Å². The third-order valence-corrected chi connectivity index (χ3v) is 5.46. The Morgan fingerprint density at radius 1 is 0.938 bits per heavy atom. The van der Waals surface area contributed by atoms with Crippen molar-refractivity contribution < 1.29 is 0 Å². The Balaban J connectivity index is 2.00. The van der Waals surface area contributed by atoms with Gasteiger partial charge < -0.3 is 5.73 Å². The predicted molar refractivity (Wildman–Crippen MR) is 70.3 cm³/mol. The highest BCUT2D eigenvalue weighted by Gasteiger charge is 2.41. The molecule has 0 aromatic carbocycles. The molecule has 0 saturated heterocycles. The van der Waals surface area contributed by atoms with Crippen molar-refractivity contribution in [1.29, 1.82) is 0 Å². The number of rotatable bonds is 2. The van der Waals surface area contributed by atoms with E-state index in [1.165, 1.54) is 57.8 Å². The number of nitrogens with two attached hydrogens (primary N) is 1. The molecule has 2 aliphatic rings. The SMILES string of the molecule is CC1(C)CCC(C2(CN)CCCCC2)CC1. The van der Waals surface area contributed by atoms with E-state index in [0.717, 1.165) is 12.5 Å². The largest absolute Gasteiger partial charge is 0.330 e. The van der Waals surface area contributed by atoms with Crippen LogP contribution in [0.3, 0.4) is 0 Å². The maximum Gasteiger partial charge on any atom is -0.00179 e. The van der Waals surface area contributed by atoms with Crippen LogP contribution >= 0.6 is 0 Å². The number of hydrogen-bond donors (Lipinski definition) is 1. The van der Waals surface area contributed by atoms with Crippen molar-refractivity contribution in [3.8, 4) is 0 Å². The fraction of sp³-hybridized carbons (Fsp3) is 1.00. The molecule has 0 unspecified atom stereocenters.